The molecular weight excluding hydrogens is 228 g/mol. The van der Waals surface area contributed by atoms with Crippen LogP contribution >= 0.6 is 0 Å². The highest BCUT2D eigenvalue weighted by atomic mass is 16.3. The lowest BCUT2D eigenvalue weighted by atomic mass is 9.92. The van der Waals surface area contributed by atoms with E-state index in [9.17, 15) is 4.79 Å². The summed E-state index contributed by atoms with van der Waals surface area (Å²) in [6.45, 7) is 4.19. The van der Waals surface area contributed by atoms with Gasteiger partial charge in [-0.05, 0) is 57.0 Å². The van der Waals surface area contributed by atoms with Crippen molar-refractivity contribution in [3.63, 3.8) is 0 Å². The van der Waals surface area contributed by atoms with Crippen LogP contribution in [-0.2, 0) is 4.79 Å². The second-order valence-corrected chi connectivity index (χ2v) is 5.74. The summed E-state index contributed by atoms with van der Waals surface area (Å²) in [5.74, 6) is 1.48. The van der Waals surface area contributed by atoms with E-state index < -0.39 is 0 Å². The number of aliphatic hydroxyl groups is 1. The van der Waals surface area contributed by atoms with Gasteiger partial charge in [0.05, 0.1) is 0 Å². The topological polar surface area (TPSA) is 52.6 Å². The smallest absolute Gasteiger partial charge is 0.222 e. The van der Waals surface area contributed by atoms with Crippen molar-refractivity contribution < 1.29 is 9.90 Å². The zero-order valence-electron chi connectivity index (χ0n) is 11.2. The summed E-state index contributed by atoms with van der Waals surface area (Å²) in [5.41, 5.74) is 0. The van der Waals surface area contributed by atoms with Crippen LogP contribution in [-0.4, -0.2) is 48.7 Å². The first-order valence-corrected chi connectivity index (χ1v) is 7.39. The number of hydrogen-bond acceptors (Lipinski definition) is 3. The van der Waals surface area contributed by atoms with Gasteiger partial charge in [-0.15, -0.1) is 0 Å². The summed E-state index contributed by atoms with van der Waals surface area (Å²) < 4.78 is 0. The van der Waals surface area contributed by atoms with Gasteiger partial charge in [-0.1, -0.05) is 0 Å². The van der Waals surface area contributed by atoms with Gasteiger partial charge in [0, 0.05) is 26.1 Å². The molecule has 0 aromatic heterocycles. The molecule has 0 aromatic carbocycles. The second kappa shape index (κ2) is 7.10. The molecule has 4 heteroatoms. The zero-order chi connectivity index (χ0) is 12.8. The van der Waals surface area contributed by atoms with Crippen LogP contribution < -0.4 is 5.32 Å². The van der Waals surface area contributed by atoms with E-state index in [4.69, 9.17) is 5.11 Å². The lowest BCUT2D eigenvalue weighted by Gasteiger charge is -2.31. The minimum atomic E-state index is 0.275. The van der Waals surface area contributed by atoms with Crippen LogP contribution in [0.1, 0.15) is 38.5 Å². The number of carbonyl (C=O) groups excluding carboxylic acids is 1. The van der Waals surface area contributed by atoms with Gasteiger partial charge in [-0.25, -0.2) is 0 Å². The molecule has 0 unspecified atom stereocenters. The van der Waals surface area contributed by atoms with Gasteiger partial charge < -0.3 is 15.3 Å². The minimum absolute atomic E-state index is 0.275. The molecule has 1 amide bonds. The zero-order valence-corrected chi connectivity index (χ0v) is 11.2. The van der Waals surface area contributed by atoms with Gasteiger partial charge in [0.15, 0.2) is 0 Å². The van der Waals surface area contributed by atoms with Gasteiger partial charge in [0.25, 0.3) is 0 Å². The van der Waals surface area contributed by atoms with Gasteiger partial charge >= 0.3 is 0 Å². The van der Waals surface area contributed by atoms with Crippen LogP contribution in [0.3, 0.4) is 0 Å². The Morgan fingerprint density at radius 1 is 1.11 bits per heavy atom. The van der Waals surface area contributed by atoms with Crippen LogP contribution in [0.2, 0.25) is 0 Å². The molecule has 104 valence electrons. The fourth-order valence-electron chi connectivity index (χ4n) is 3.02. The predicted octanol–water partition coefficient (Wildman–Crippen LogP) is 0.997. The Morgan fingerprint density at radius 3 is 2.39 bits per heavy atom. The molecule has 2 N–H and O–H groups in total. The van der Waals surface area contributed by atoms with E-state index in [1.807, 2.05) is 4.90 Å². The Balaban J connectivity index is 1.65. The third-order valence-corrected chi connectivity index (χ3v) is 4.45. The summed E-state index contributed by atoms with van der Waals surface area (Å²) in [6, 6.07) is 0. The van der Waals surface area contributed by atoms with Crippen LogP contribution in [0, 0.1) is 11.8 Å². The van der Waals surface area contributed by atoms with Crippen LogP contribution in [0.15, 0.2) is 0 Å². The lowest BCUT2D eigenvalue weighted by molar-refractivity contribution is -0.133. The summed E-state index contributed by atoms with van der Waals surface area (Å²) in [5, 5.41) is 12.4. The molecule has 2 aliphatic rings. The highest BCUT2D eigenvalue weighted by molar-refractivity contribution is 5.76. The molecule has 4 nitrogen and oxygen atoms in total. The molecule has 2 rings (SSSR count). The van der Waals surface area contributed by atoms with E-state index in [0.717, 1.165) is 51.4 Å². The second-order valence-electron chi connectivity index (χ2n) is 5.74. The first-order valence-electron chi connectivity index (χ1n) is 7.39. The molecule has 18 heavy (non-hydrogen) atoms. The maximum absolute atomic E-state index is 12.1. The average molecular weight is 254 g/mol. The first kappa shape index (κ1) is 13.8. The van der Waals surface area contributed by atoms with Crippen molar-refractivity contribution in [1.82, 2.24) is 10.2 Å². The van der Waals surface area contributed by atoms with E-state index in [1.165, 1.54) is 12.8 Å². The van der Waals surface area contributed by atoms with E-state index in [1.54, 1.807) is 0 Å². The minimum Gasteiger partial charge on any atom is -0.396 e. The van der Waals surface area contributed by atoms with E-state index in [2.05, 4.69) is 5.32 Å². The Morgan fingerprint density at radius 2 is 1.78 bits per heavy atom. The third-order valence-electron chi connectivity index (χ3n) is 4.45. The number of hydrogen-bond donors (Lipinski definition) is 2. The number of aliphatic hydroxyl groups excluding tert-OH is 1. The molecule has 2 fully saturated rings. The molecule has 0 radical (unpaired) electrons. The molecule has 0 atom stereocenters. The Bertz CT molecular complexity index is 257. The molecule has 0 spiro atoms. The van der Waals surface area contributed by atoms with Gasteiger partial charge in [-0.2, -0.15) is 0 Å². The highest BCUT2D eigenvalue weighted by Crippen LogP contribution is 2.21. The van der Waals surface area contributed by atoms with Crippen molar-refractivity contribution in [1.29, 1.82) is 0 Å². The summed E-state index contributed by atoms with van der Waals surface area (Å²) in [6.07, 6.45) is 6.15. The molecule has 2 aliphatic heterocycles. The third kappa shape index (κ3) is 3.95. The standard InChI is InChI=1S/C14H26N2O2/c17-11-13-5-9-16(10-6-13)14(18)2-1-12-3-7-15-8-4-12/h12-13,15,17H,1-11H2. The average Bonchev–Trinajstić information content (AvgIpc) is 2.46. The van der Waals surface area contributed by atoms with Crippen molar-refractivity contribution in [2.75, 3.05) is 32.8 Å². The number of carbonyl (C=O) groups is 1. The van der Waals surface area contributed by atoms with Crippen LogP contribution in [0.5, 0.6) is 0 Å². The number of piperidine rings is 2. The number of nitrogens with one attached hydrogen (secondary N) is 1. The van der Waals surface area contributed by atoms with Crippen molar-refractivity contribution in [2.45, 2.75) is 38.5 Å². The maximum Gasteiger partial charge on any atom is 0.222 e. The summed E-state index contributed by atoms with van der Waals surface area (Å²) >= 11 is 0. The number of likely N-dealkylation sites (tertiary alicyclic amines) is 1. The van der Waals surface area contributed by atoms with Crippen molar-refractivity contribution in [2.24, 2.45) is 11.8 Å². The molecule has 0 aromatic rings. The number of amides is 1. The maximum atomic E-state index is 12.1. The lowest BCUT2D eigenvalue weighted by Crippen LogP contribution is -2.39. The van der Waals surface area contributed by atoms with Gasteiger partial charge in [0.2, 0.25) is 5.91 Å². The van der Waals surface area contributed by atoms with E-state index in [0.29, 0.717) is 18.2 Å². The monoisotopic (exact) mass is 254 g/mol. The SMILES string of the molecule is O=C(CCC1CCNCC1)N1CCC(CO)CC1. The largest absolute Gasteiger partial charge is 0.396 e. The number of nitrogens with zero attached hydrogens (tertiary/aromatic N) is 1. The quantitative estimate of drug-likeness (QED) is 0.787. The first-order chi connectivity index (χ1) is 8.79. The van der Waals surface area contributed by atoms with Gasteiger partial charge in [0.1, 0.15) is 0 Å². The predicted molar refractivity (Wildman–Crippen MR) is 71.2 cm³/mol. The summed E-state index contributed by atoms with van der Waals surface area (Å²) in [7, 11) is 0. The molecule has 0 saturated carbocycles. The Hall–Kier alpha value is -0.610. The van der Waals surface area contributed by atoms with Crippen LogP contribution in [0.4, 0.5) is 0 Å². The van der Waals surface area contributed by atoms with Crippen LogP contribution in [0.25, 0.3) is 0 Å². The molecule has 0 aliphatic carbocycles. The molecular formula is C14H26N2O2. The van der Waals surface area contributed by atoms with Gasteiger partial charge in [-0.3, -0.25) is 4.79 Å². The van der Waals surface area contributed by atoms with Crippen molar-refractivity contribution >= 4 is 5.91 Å². The van der Waals surface area contributed by atoms with Crippen molar-refractivity contribution in [3.8, 4) is 0 Å². The molecule has 2 saturated heterocycles. The number of rotatable bonds is 4. The molecule has 0 bridgehead atoms. The Kier molecular flexibility index (Phi) is 5.45. The highest BCUT2D eigenvalue weighted by Gasteiger charge is 2.23. The van der Waals surface area contributed by atoms with Crippen molar-refractivity contribution in [3.05, 3.63) is 0 Å². The van der Waals surface area contributed by atoms with E-state index in [-0.39, 0.29) is 6.61 Å². The Labute approximate surface area is 110 Å². The normalized spacial score (nSPS) is 23.3. The summed E-state index contributed by atoms with van der Waals surface area (Å²) in [4.78, 5) is 14.1. The molecule has 2 heterocycles. The fourth-order valence-corrected chi connectivity index (χ4v) is 3.02. The van der Waals surface area contributed by atoms with E-state index >= 15 is 0 Å². The fraction of sp³-hybridized carbons (Fsp3) is 0.929.